The Morgan fingerprint density at radius 3 is 2.25 bits per heavy atom. The quantitative estimate of drug-likeness (QED) is 0.883. The second-order valence-electron chi connectivity index (χ2n) is 5.54. The summed E-state index contributed by atoms with van der Waals surface area (Å²) in [7, 11) is -3.54. The maximum Gasteiger partial charge on any atom is 0.240 e. The van der Waals surface area contributed by atoms with Gasteiger partial charge in [0.05, 0.1) is 18.1 Å². The van der Waals surface area contributed by atoms with Crippen LogP contribution in [0.5, 0.6) is 0 Å². The molecule has 24 heavy (non-hydrogen) atoms. The second kappa shape index (κ2) is 7.53. The number of nitrogens with zero attached hydrogens (tertiary/aromatic N) is 1. The zero-order valence-electron chi connectivity index (χ0n) is 13.1. The Bertz CT molecular complexity index is 770. The highest BCUT2D eigenvalue weighted by molar-refractivity contribution is 7.89. The van der Waals surface area contributed by atoms with Crippen molar-refractivity contribution in [3.05, 3.63) is 59.1 Å². The SMILES string of the molecule is O=S(=O)(NCc1ccc(N2CCOCC2)cc1)c1ccc(Cl)cc1. The van der Waals surface area contributed by atoms with E-state index in [1.54, 1.807) is 12.1 Å². The van der Waals surface area contributed by atoms with Gasteiger partial charge in [0.1, 0.15) is 0 Å². The normalized spacial score (nSPS) is 15.5. The molecule has 0 aliphatic carbocycles. The monoisotopic (exact) mass is 366 g/mol. The van der Waals surface area contributed by atoms with E-state index in [0.29, 0.717) is 5.02 Å². The van der Waals surface area contributed by atoms with E-state index < -0.39 is 10.0 Å². The number of nitrogens with one attached hydrogen (secondary N) is 1. The first kappa shape index (κ1) is 17.2. The number of sulfonamides is 1. The number of hydrogen-bond acceptors (Lipinski definition) is 4. The zero-order valence-corrected chi connectivity index (χ0v) is 14.7. The third kappa shape index (κ3) is 4.27. The third-order valence-electron chi connectivity index (χ3n) is 3.90. The van der Waals surface area contributed by atoms with Crippen LogP contribution in [0.1, 0.15) is 5.56 Å². The van der Waals surface area contributed by atoms with Gasteiger partial charge in [-0.15, -0.1) is 0 Å². The van der Waals surface area contributed by atoms with Crippen LogP contribution < -0.4 is 9.62 Å². The van der Waals surface area contributed by atoms with Crippen molar-refractivity contribution in [2.75, 3.05) is 31.2 Å². The zero-order chi connectivity index (χ0) is 17.0. The summed E-state index contributed by atoms with van der Waals surface area (Å²) in [5.74, 6) is 0. The Morgan fingerprint density at radius 1 is 1.00 bits per heavy atom. The highest BCUT2D eigenvalue weighted by Gasteiger charge is 2.14. The number of hydrogen-bond donors (Lipinski definition) is 1. The fourth-order valence-corrected chi connectivity index (χ4v) is 3.67. The molecule has 2 aromatic rings. The molecular weight excluding hydrogens is 348 g/mol. The first-order valence-corrected chi connectivity index (χ1v) is 9.57. The standard InChI is InChI=1S/C17H19ClN2O3S/c18-15-3-7-17(8-4-15)24(21,22)19-13-14-1-5-16(6-2-14)20-9-11-23-12-10-20/h1-8,19H,9-13H2. The third-order valence-corrected chi connectivity index (χ3v) is 5.57. The lowest BCUT2D eigenvalue weighted by Gasteiger charge is -2.28. The molecule has 0 bridgehead atoms. The highest BCUT2D eigenvalue weighted by Crippen LogP contribution is 2.18. The average Bonchev–Trinajstić information content (AvgIpc) is 2.62. The summed E-state index contributed by atoms with van der Waals surface area (Å²) in [6.07, 6.45) is 0. The fraction of sp³-hybridized carbons (Fsp3) is 0.294. The molecule has 1 aliphatic rings. The summed E-state index contributed by atoms with van der Waals surface area (Å²) < 4.78 is 32.5. The van der Waals surface area contributed by atoms with Crippen LogP contribution in [0, 0.1) is 0 Å². The van der Waals surface area contributed by atoms with E-state index in [1.165, 1.54) is 12.1 Å². The lowest BCUT2D eigenvalue weighted by Crippen LogP contribution is -2.36. The molecule has 0 unspecified atom stereocenters. The van der Waals surface area contributed by atoms with E-state index in [4.69, 9.17) is 16.3 Å². The van der Waals surface area contributed by atoms with E-state index in [-0.39, 0.29) is 11.4 Å². The minimum absolute atomic E-state index is 0.205. The van der Waals surface area contributed by atoms with Crippen molar-refractivity contribution in [1.82, 2.24) is 4.72 Å². The molecule has 0 radical (unpaired) electrons. The summed E-state index contributed by atoms with van der Waals surface area (Å²) >= 11 is 5.79. The maximum atomic E-state index is 12.3. The van der Waals surface area contributed by atoms with Gasteiger partial charge < -0.3 is 9.64 Å². The summed E-state index contributed by atoms with van der Waals surface area (Å²) in [4.78, 5) is 2.46. The average molecular weight is 367 g/mol. The Labute approximate surface area is 147 Å². The van der Waals surface area contributed by atoms with E-state index in [1.807, 2.05) is 24.3 Å². The van der Waals surface area contributed by atoms with Gasteiger partial charge >= 0.3 is 0 Å². The number of anilines is 1. The maximum absolute atomic E-state index is 12.3. The lowest BCUT2D eigenvalue weighted by molar-refractivity contribution is 0.122. The molecule has 0 saturated carbocycles. The molecule has 0 aromatic heterocycles. The van der Waals surface area contributed by atoms with Crippen LogP contribution in [-0.2, 0) is 21.3 Å². The number of ether oxygens (including phenoxy) is 1. The molecule has 0 amide bonds. The van der Waals surface area contributed by atoms with Crippen molar-refractivity contribution in [2.45, 2.75) is 11.4 Å². The van der Waals surface area contributed by atoms with Crippen LogP contribution in [-0.4, -0.2) is 34.7 Å². The van der Waals surface area contributed by atoms with E-state index in [9.17, 15) is 8.42 Å². The summed E-state index contributed by atoms with van der Waals surface area (Å²) in [5.41, 5.74) is 2.03. The Hall–Kier alpha value is -1.60. The van der Waals surface area contributed by atoms with Gasteiger partial charge in [0.25, 0.3) is 0 Å². The van der Waals surface area contributed by atoms with Gasteiger partial charge in [0, 0.05) is 30.3 Å². The highest BCUT2D eigenvalue weighted by atomic mass is 35.5. The molecule has 128 valence electrons. The van der Waals surface area contributed by atoms with E-state index in [2.05, 4.69) is 9.62 Å². The predicted molar refractivity (Wildman–Crippen MR) is 95.0 cm³/mol. The van der Waals surface area contributed by atoms with Gasteiger partial charge in [-0.1, -0.05) is 23.7 Å². The van der Waals surface area contributed by atoms with Gasteiger partial charge in [0.2, 0.25) is 10.0 Å². The summed E-state index contributed by atoms with van der Waals surface area (Å²) in [6, 6.07) is 14.0. The van der Waals surface area contributed by atoms with Crippen LogP contribution in [0.15, 0.2) is 53.4 Å². The smallest absolute Gasteiger partial charge is 0.240 e. The molecule has 1 aliphatic heterocycles. The van der Waals surface area contributed by atoms with Crippen LogP contribution in [0.2, 0.25) is 5.02 Å². The van der Waals surface area contributed by atoms with Crippen molar-refractivity contribution in [3.8, 4) is 0 Å². The summed E-state index contributed by atoms with van der Waals surface area (Å²) in [6.45, 7) is 3.48. The van der Waals surface area contributed by atoms with Gasteiger partial charge in [-0.3, -0.25) is 0 Å². The van der Waals surface area contributed by atoms with Crippen LogP contribution >= 0.6 is 11.6 Å². The van der Waals surface area contributed by atoms with Crippen LogP contribution in [0.4, 0.5) is 5.69 Å². The first-order valence-electron chi connectivity index (χ1n) is 7.71. The minimum atomic E-state index is -3.54. The second-order valence-corrected chi connectivity index (χ2v) is 7.75. The number of morpholine rings is 1. The van der Waals surface area contributed by atoms with Crippen molar-refractivity contribution in [2.24, 2.45) is 0 Å². The Kier molecular flexibility index (Phi) is 5.40. The van der Waals surface area contributed by atoms with Crippen molar-refractivity contribution < 1.29 is 13.2 Å². The number of benzene rings is 2. The largest absolute Gasteiger partial charge is 0.378 e. The number of rotatable bonds is 5. The van der Waals surface area contributed by atoms with E-state index >= 15 is 0 Å². The molecule has 2 aromatic carbocycles. The lowest BCUT2D eigenvalue weighted by atomic mass is 10.2. The molecule has 0 atom stereocenters. The molecule has 0 spiro atoms. The van der Waals surface area contributed by atoms with Crippen LogP contribution in [0.25, 0.3) is 0 Å². The minimum Gasteiger partial charge on any atom is -0.378 e. The van der Waals surface area contributed by atoms with Crippen molar-refractivity contribution in [1.29, 1.82) is 0 Å². The molecular formula is C17H19ClN2O3S. The molecule has 1 N–H and O–H groups in total. The van der Waals surface area contributed by atoms with Gasteiger partial charge in [-0.2, -0.15) is 0 Å². The molecule has 1 fully saturated rings. The molecule has 1 heterocycles. The fourth-order valence-electron chi connectivity index (χ4n) is 2.52. The van der Waals surface area contributed by atoms with Gasteiger partial charge in [-0.25, -0.2) is 13.1 Å². The van der Waals surface area contributed by atoms with Gasteiger partial charge in [0.15, 0.2) is 0 Å². The molecule has 7 heteroatoms. The first-order chi connectivity index (χ1) is 11.5. The van der Waals surface area contributed by atoms with E-state index in [0.717, 1.165) is 37.6 Å². The van der Waals surface area contributed by atoms with Crippen molar-refractivity contribution >= 4 is 27.3 Å². The van der Waals surface area contributed by atoms with Crippen molar-refractivity contribution in [3.63, 3.8) is 0 Å². The molecule has 3 rings (SSSR count). The van der Waals surface area contributed by atoms with Gasteiger partial charge in [-0.05, 0) is 42.0 Å². The Balaban J connectivity index is 1.62. The Morgan fingerprint density at radius 2 is 1.62 bits per heavy atom. The van der Waals surface area contributed by atoms with Crippen LogP contribution in [0.3, 0.4) is 0 Å². The number of halogens is 1. The predicted octanol–water partition coefficient (Wildman–Crippen LogP) is 2.66. The summed E-state index contributed by atoms with van der Waals surface area (Å²) in [5, 5.41) is 0.507. The molecule has 5 nitrogen and oxygen atoms in total. The molecule has 1 saturated heterocycles. The topological polar surface area (TPSA) is 58.6 Å².